The highest BCUT2D eigenvalue weighted by Crippen LogP contribution is 2.32. The molecular weight excluding hydrogens is 362 g/mol. The average molecular weight is 383 g/mol. The second-order valence-corrected chi connectivity index (χ2v) is 6.17. The zero-order valence-corrected chi connectivity index (χ0v) is 15.4. The van der Waals surface area contributed by atoms with Gasteiger partial charge in [0, 0.05) is 18.7 Å². The SMILES string of the molecule is CC(=O)NCC(=O)N[C@@H](C(=O)Nc1ccc2c(c1)OCCO2)c1ccccc1. The Kier molecular flexibility index (Phi) is 6.11. The molecule has 0 saturated carbocycles. The molecule has 146 valence electrons. The number of ether oxygens (including phenoxy) is 2. The zero-order chi connectivity index (χ0) is 19.9. The van der Waals surface area contributed by atoms with Gasteiger partial charge in [-0.3, -0.25) is 14.4 Å². The molecular formula is C20H21N3O5. The number of anilines is 1. The van der Waals surface area contributed by atoms with Crippen molar-refractivity contribution in [2.75, 3.05) is 25.1 Å². The first-order chi connectivity index (χ1) is 13.5. The number of carbonyl (C=O) groups excluding carboxylic acids is 3. The van der Waals surface area contributed by atoms with Gasteiger partial charge in [-0.15, -0.1) is 0 Å². The molecule has 0 saturated heterocycles. The lowest BCUT2D eigenvalue weighted by Gasteiger charge is -2.21. The van der Waals surface area contributed by atoms with E-state index in [1.54, 1.807) is 42.5 Å². The van der Waals surface area contributed by atoms with Crippen LogP contribution in [0.2, 0.25) is 0 Å². The van der Waals surface area contributed by atoms with E-state index in [0.29, 0.717) is 36.0 Å². The quantitative estimate of drug-likeness (QED) is 0.699. The van der Waals surface area contributed by atoms with E-state index >= 15 is 0 Å². The van der Waals surface area contributed by atoms with Crippen LogP contribution in [0.3, 0.4) is 0 Å². The largest absolute Gasteiger partial charge is 0.486 e. The van der Waals surface area contributed by atoms with Crippen LogP contribution in [0.5, 0.6) is 11.5 Å². The minimum atomic E-state index is -0.921. The summed E-state index contributed by atoms with van der Waals surface area (Å²) in [4.78, 5) is 36.0. The van der Waals surface area contributed by atoms with Gasteiger partial charge < -0.3 is 25.4 Å². The van der Waals surface area contributed by atoms with Gasteiger partial charge in [0.1, 0.15) is 19.3 Å². The van der Waals surface area contributed by atoms with Crippen LogP contribution in [0.25, 0.3) is 0 Å². The predicted octanol–water partition coefficient (Wildman–Crippen LogP) is 1.39. The highest BCUT2D eigenvalue weighted by molar-refractivity contribution is 5.98. The van der Waals surface area contributed by atoms with Crippen LogP contribution >= 0.6 is 0 Å². The fraction of sp³-hybridized carbons (Fsp3) is 0.250. The van der Waals surface area contributed by atoms with Crippen LogP contribution in [0.4, 0.5) is 5.69 Å². The standard InChI is InChI=1S/C20H21N3O5/c1-13(24)21-12-18(25)23-19(14-5-3-2-4-6-14)20(26)22-15-7-8-16-17(11-15)28-10-9-27-16/h2-8,11,19H,9-10,12H2,1H3,(H,21,24)(H,22,26)(H,23,25)/t19-/m1/s1. The van der Waals surface area contributed by atoms with Crippen LogP contribution in [-0.2, 0) is 14.4 Å². The normalized spacial score (nSPS) is 13.2. The van der Waals surface area contributed by atoms with Crippen molar-refractivity contribution in [2.24, 2.45) is 0 Å². The monoisotopic (exact) mass is 383 g/mol. The summed E-state index contributed by atoms with van der Waals surface area (Å²) in [6.07, 6.45) is 0. The van der Waals surface area contributed by atoms with Gasteiger partial charge in [0.2, 0.25) is 11.8 Å². The minimum absolute atomic E-state index is 0.212. The molecule has 1 heterocycles. The molecule has 2 aromatic carbocycles. The van der Waals surface area contributed by atoms with Crippen molar-refractivity contribution in [2.45, 2.75) is 13.0 Å². The molecule has 3 rings (SSSR count). The van der Waals surface area contributed by atoms with Gasteiger partial charge in [0.15, 0.2) is 11.5 Å². The maximum Gasteiger partial charge on any atom is 0.251 e. The van der Waals surface area contributed by atoms with Crippen LogP contribution in [0, 0.1) is 0 Å². The van der Waals surface area contributed by atoms with E-state index in [9.17, 15) is 14.4 Å². The van der Waals surface area contributed by atoms with Crippen LogP contribution in [0.1, 0.15) is 18.5 Å². The van der Waals surface area contributed by atoms with Gasteiger partial charge in [-0.1, -0.05) is 30.3 Å². The number of hydrogen-bond donors (Lipinski definition) is 3. The lowest BCUT2D eigenvalue weighted by Crippen LogP contribution is -2.42. The molecule has 3 N–H and O–H groups in total. The van der Waals surface area contributed by atoms with Crippen molar-refractivity contribution >= 4 is 23.4 Å². The summed E-state index contributed by atoms with van der Waals surface area (Å²) in [5.41, 5.74) is 1.14. The summed E-state index contributed by atoms with van der Waals surface area (Å²) in [7, 11) is 0. The number of amides is 3. The van der Waals surface area contributed by atoms with Crippen LogP contribution in [0.15, 0.2) is 48.5 Å². The third-order valence-corrected chi connectivity index (χ3v) is 4.01. The molecule has 0 unspecified atom stereocenters. The molecule has 0 aliphatic carbocycles. The third-order valence-electron chi connectivity index (χ3n) is 4.01. The molecule has 0 radical (unpaired) electrons. The van der Waals surface area contributed by atoms with Gasteiger partial charge >= 0.3 is 0 Å². The number of carbonyl (C=O) groups is 3. The van der Waals surface area contributed by atoms with Crippen molar-refractivity contribution in [3.63, 3.8) is 0 Å². The van der Waals surface area contributed by atoms with E-state index in [4.69, 9.17) is 9.47 Å². The molecule has 2 aromatic rings. The summed E-state index contributed by atoms with van der Waals surface area (Å²) in [5, 5.41) is 7.85. The van der Waals surface area contributed by atoms with Crippen molar-refractivity contribution in [1.29, 1.82) is 0 Å². The number of rotatable bonds is 6. The highest BCUT2D eigenvalue weighted by Gasteiger charge is 2.23. The van der Waals surface area contributed by atoms with Gasteiger partial charge in [0.05, 0.1) is 6.54 Å². The molecule has 8 nitrogen and oxygen atoms in total. The van der Waals surface area contributed by atoms with Gasteiger partial charge in [-0.2, -0.15) is 0 Å². The van der Waals surface area contributed by atoms with E-state index in [2.05, 4.69) is 16.0 Å². The number of fused-ring (bicyclic) bond motifs is 1. The van der Waals surface area contributed by atoms with Crippen molar-refractivity contribution < 1.29 is 23.9 Å². The van der Waals surface area contributed by atoms with E-state index in [1.165, 1.54) is 6.92 Å². The Balaban J connectivity index is 1.74. The molecule has 0 bridgehead atoms. The van der Waals surface area contributed by atoms with E-state index < -0.39 is 17.9 Å². The maximum atomic E-state index is 12.9. The number of nitrogens with one attached hydrogen (secondary N) is 3. The Morgan fingerprint density at radius 3 is 2.43 bits per heavy atom. The lowest BCUT2D eigenvalue weighted by molar-refractivity contribution is -0.127. The molecule has 1 aliphatic rings. The first-order valence-corrected chi connectivity index (χ1v) is 8.82. The lowest BCUT2D eigenvalue weighted by atomic mass is 10.1. The van der Waals surface area contributed by atoms with E-state index in [-0.39, 0.29) is 12.5 Å². The predicted molar refractivity (Wildman–Crippen MR) is 102 cm³/mol. The molecule has 0 aromatic heterocycles. The van der Waals surface area contributed by atoms with Crippen molar-refractivity contribution in [3.05, 3.63) is 54.1 Å². The molecule has 0 fully saturated rings. The van der Waals surface area contributed by atoms with Crippen LogP contribution in [-0.4, -0.2) is 37.5 Å². The average Bonchev–Trinajstić information content (AvgIpc) is 2.71. The van der Waals surface area contributed by atoms with Crippen molar-refractivity contribution in [1.82, 2.24) is 10.6 Å². The molecule has 1 aliphatic heterocycles. The van der Waals surface area contributed by atoms with Crippen LogP contribution < -0.4 is 25.4 Å². The highest BCUT2D eigenvalue weighted by atomic mass is 16.6. The summed E-state index contributed by atoms with van der Waals surface area (Å²) in [5.74, 6) is -0.0463. The molecule has 8 heteroatoms. The number of benzene rings is 2. The topological polar surface area (TPSA) is 106 Å². The Hall–Kier alpha value is -3.55. The zero-order valence-electron chi connectivity index (χ0n) is 15.4. The Morgan fingerprint density at radius 2 is 1.71 bits per heavy atom. The smallest absolute Gasteiger partial charge is 0.251 e. The first kappa shape index (κ1) is 19.2. The Labute approximate surface area is 162 Å². The maximum absolute atomic E-state index is 12.9. The van der Waals surface area contributed by atoms with Gasteiger partial charge in [-0.05, 0) is 17.7 Å². The van der Waals surface area contributed by atoms with Gasteiger partial charge in [0.25, 0.3) is 5.91 Å². The fourth-order valence-corrected chi connectivity index (χ4v) is 2.70. The Morgan fingerprint density at radius 1 is 1.00 bits per heavy atom. The Bertz CT molecular complexity index is 869. The summed E-state index contributed by atoms with van der Waals surface area (Å²) in [6, 6.07) is 13.0. The second kappa shape index (κ2) is 8.90. The summed E-state index contributed by atoms with van der Waals surface area (Å²) < 4.78 is 11.0. The second-order valence-electron chi connectivity index (χ2n) is 6.17. The number of hydrogen-bond acceptors (Lipinski definition) is 5. The minimum Gasteiger partial charge on any atom is -0.486 e. The van der Waals surface area contributed by atoms with E-state index in [1.807, 2.05) is 6.07 Å². The summed E-state index contributed by atoms with van der Waals surface area (Å²) >= 11 is 0. The van der Waals surface area contributed by atoms with Gasteiger partial charge in [-0.25, -0.2) is 0 Å². The fourth-order valence-electron chi connectivity index (χ4n) is 2.70. The third kappa shape index (κ3) is 5.00. The summed E-state index contributed by atoms with van der Waals surface area (Å²) in [6.45, 7) is 2.03. The van der Waals surface area contributed by atoms with E-state index in [0.717, 1.165) is 0 Å². The molecule has 0 spiro atoms. The first-order valence-electron chi connectivity index (χ1n) is 8.82. The molecule has 28 heavy (non-hydrogen) atoms. The molecule has 1 atom stereocenters. The molecule has 3 amide bonds. The van der Waals surface area contributed by atoms with Crippen molar-refractivity contribution in [3.8, 4) is 11.5 Å².